The summed E-state index contributed by atoms with van der Waals surface area (Å²) in [6.07, 6.45) is 2.65. The first kappa shape index (κ1) is 30.5. The highest BCUT2D eigenvalue weighted by atomic mass is 35.5. The molecule has 10 heteroatoms. The molecule has 1 saturated heterocycles. The maximum Gasteiger partial charge on any atom is 0.338 e. The minimum Gasteiger partial charge on any atom is -0.454 e. The van der Waals surface area contributed by atoms with Gasteiger partial charge in [0.25, 0.3) is 0 Å². The Morgan fingerprint density at radius 2 is 1.74 bits per heavy atom. The van der Waals surface area contributed by atoms with Crippen molar-refractivity contribution >= 4 is 52.6 Å². The molecule has 1 aromatic heterocycles. The molecule has 3 aromatic rings. The van der Waals surface area contributed by atoms with Crippen LogP contribution in [0, 0.1) is 22.7 Å². The third kappa shape index (κ3) is 6.66. The Labute approximate surface area is 259 Å². The van der Waals surface area contributed by atoms with Crippen LogP contribution in [0.5, 0.6) is 0 Å². The fraction of sp³-hybridized carbons (Fsp3) is 0.333. The molecule has 0 saturated carbocycles. The van der Waals surface area contributed by atoms with Gasteiger partial charge in [0.1, 0.15) is 11.1 Å². The van der Waals surface area contributed by atoms with Crippen LogP contribution in [0.4, 0.5) is 5.69 Å². The Hall–Kier alpha value is -4.00. The van der Waals surface area contributed by atoms with E-state index < -0.39 is 23.7 Å². The summed E-state index contributed by atoms with van der Waals surface area (Å²) in [5.41, 5.74) is 3.46. The minimum atomic E-state index is -0.723. The van der Waals surface area contributed by atoms with Gasteiger partial charge in [-0.3, -0.25) is 14.4 Å². The van der Waals surface area contributed by atoms with Crippen molar-refractivity contribution in [1.29, 1.82) is 5.26 Å². The number of aromatic nitrogens is 1. The van der Waals surface area contributed by atoms with Crippen LogP contribution in [0.1, 0.15) is 71.1 Å². The van der Waals surface area contributed by atoms with Crippen molar-refractivity contribution in [3.05, 3.63) is 87.6 Å². The molecular weight excluding hydrogens is 586 g/mol. The molecule has 1 aliphatic heterocycles. The fourth-order valence-corrected chi connectivity index (χ4v) is 6.56. The highest BCUT2D eigenvalue weighted by Gasteiger charge is 2.41. The Morgan fingerprint density at radius 1 is 1.07 bits per heavy atom. The van der Waals surface area contributed by atoms with E-state index in [4.69, 9.17) is 21.3 Å². The van der Waals surface area contributed by atoms with Crippen LogP contribution < -0.4 is 4.90 Å². The number of ether oxygens (including phenoxy) is 1. The average molecular weight is 616 g/mol. The molecule has 8 nitrogen and oxygen atoms in total. The van der Waals surface area contributed by atoms with Crippen LogP contribution in [-0.2, 0) is 27.2 Å². The molecular formula is C33H30ClN3O5S. The second-order valence-corrected chi connectivity index (χ2v) is 13.4. The van der Waals surface area contributed by atoms with E-state index in [-0.39, 0.29) is 29.1 Å². The summed E-state index contributed by atoms with van der Waals surface area (Å²) in [6.45, 7) is 6.24. The second kappa shape index (κ2) is 12.3. The topological polar surface area (TPSA) is 117 Å². The number of carbonyl (C=O) groups is 4. The van der Waals surface area contributed by atoms with Crippen LogP contribution in [-0.4, -0.2) is 40.4 Å². The van der Waals surface area contributed by atoms with Gasteiger partial charge in [-0.05, 0) is 90.8 Å². The highest BCUT2D eigenvalue weighted by Crippen LogP contribution is 2.40. The number of pyridine rings is 1. The number of fused-ring (bicyclic) bond motifs is 1. The SMILES string of the molecule is CC(C)(C)C1CCc2nc(SC3CC(=O)N(c4ccc(C(=O)OCC(=O)c5ccc(Cl)cc5)cc4)C3=O)c(C#N)cc2C1. The first-order valence-electron chi connectivity index (χ1n) is 14.0. The van der Waals surface area contributed by atoms with E-state index >= 15 is 0 Å². The number of thioether (sulfide) groups is 1. The van der Waals surface area contributed by atoms with Gasteiger partial charge in [0, 0.05) is 22.7 Å². The van der Waals surface area contributed by atoms with Crippen LogP contribution in [0.3, 0.4) is 0 Å². The summed E-state index contributed by atoms with van der Waals surface area (Å²) >= 11 is 6.99. The molecule has 5 rings (SSSR count). The summed E-state index contributed by atoms with van der Waals surface area (Å²) in [6, 6.07) is 16.2. The molecule has 1 fully saturated rings. The van der Waals surface area contributed by atoms with Gasteiger partial charge in [-0.2, -0.15) is 5.26 Å². The molecule has 0 spiro atoms. The zero-order valence-corrected chi connectivity index (χ0v) is 25.6. The van der Waals surface area contributed by atoms with E-state index in [0.29, 0.717) is 32.8 Å². The van der Waals surface area contributed by atoms with Gasteiger partial charge >= 0.3 is 5.97 Å². The molecule has 0 N–H and O–H groups in total. The molecule has 0 bridgehead atoms. The van der Waals surface area contributed by atoms with E-state index in [0.717, 1.165) is 47.2 Å². The first-order valence-corrected chi connectivity index (χ1v) is 15.2. The molecule has 220 valence electrons. The van der Waals surface area contributed by atoms with Gasteiger partial charge in [-0.25, -0.2) is 14.7 Å². The van der Waals surface area contributed by atoms with Gasteiger partial charge in [-0.15, -0.1) is 0 Å². The van der Waals surface area contributed by atoms with Gasteiger partial charge in [0.05, 0.1) is 22.1 Å². The lowest BCUT2D eigenvalue weighted by atomic mass is 9.71. The molecule has 0 radical (unpaired) electrons. The van der Waals surface area contributed by atoms with Crippen LogP contribution in [0.2, 0.25) is 5.02 Å². The molecule has 2 atom stereocenters. The lowest BCUT2D eigenvalue weighted by molar-refractivity contribution is -0.121. The van der Waals surface area contributed by atoms with Crippen molar-refractivity contribution in [2.24, 2.45) is 11.3 Å². The monoisotopic (exact) mass is 615 g/mol. The molecule has 2 heterocycles. The molecule has 2 amide bonds. The predicted molar refractivity (Wildman–Crippen MR) is 163 cm³/mol. The second-order valence-electron chi connectivity index (χ2n) is 11.8. The summed E-state index contributed by atoms with van der Waals surface area (Å²) < 4.78 is 5.14. The van der Waals surface area contributed by atoms with Crippen molar-refractivity contribution in [2.45, 2.75) is 56.7 Å². The van der Waals surface area contributed by atoms with Gasteiger partial charge in [-0.1, -0.05) is 44.1 Å². The average Bonchev–Trinajstić information content (AvgIpc) is 3.26. The maximum absolute atomic E-state index is 13.4. The lowest BCUT2D eigenvalue weighted by Gasteiger charge is -2.34. The van der Waals surface area contributed by atoms with E-state index in [9.17, 15) is 24.4 Å². The predicted octanol–water partition coefficient (Wildman–Crippen LogP) is 6.22. The molecule has 2 aromatic carbocycles. The van der Waals surface area contributed by atoms with Gasteiger partial charge in [0.15, 0.2) is 12.4 Å². The standard InChI is InChI=1S/C33H30ClN3O5S/c1-33(2,3)23-8-13-26-21(15-23)14-22(17-35)30(36-26)43-28-16-29(39)37(31(28)40)25-11-6-20(7-12-25)32(41)42-18-27(38)19-4-9-24(34)10-5-19/h4-7,9-12,14,23,28H,8,13,15-16,18H2,1-3H3. The van der Waals surface area contributed by atoms with Crippen LogP contribution in [0.15, 0.2) is 59.6 Å². The quantitative estimate of drug-likeness (QED) is 0.175. The normalized spacial score (nSPS) is 18.3. The first-order chi connectivity index (χ1) is 20.4. The smallest absolute Gasteiger partial charge is 0.338 e. The van der Waals surface area contributed by atoms with Crippen molar-refractivity contribution in [3.8, 4) is 6.07 Å². The third-order valence-electron chi connectivity index (χ3n) is 7.92. The molecule has 43 heavy (non-hydrogen) atoms. The zero-order chi connectivity index (χ0) is 30.9. The molecule has 2 aliphatic rings. The summed E-state index contributed by atoms with van der Waals surface area (Å²) in [4.78, 5) is 56.9. The number of nitriles is 1. The number of halogens is 1. The number of carbonyl (C=O) groups excluding carboxylic acids is 4. The van der Waals surface area contributed by atoms with Crippen LogP contribution in [0.25, 0.3) is 0 Å². The van der Waals surface area contributed by atoms with Crippen molar-refractivity contribution < 1.29 is 23.9 Å². The molecule has 2 unspecified atom stereocenters. The number of nitrogens with zero attached hydrogens (tertiary/aromatic N) is 3. The summed E-state index contributed by atoms with van der Waals surface area (Å²) in [7, 11) is 0. The fourth-order valence-electron chi connectivity index (χ4n) is 5.34. The minimum absolute atomic E-state index is 0.0319. The Kier molecular flexibility index (Phi) is 8.72. The van der Waals surface area contributed by atoms with E-state index in [1.54, 1.807) is 24.3 Å². The summed E-state index contributed by atoms with van der Waals surface area (Å²) in [5, 5.41) is 10.1. The number of Topliss-reactive ketones (excluding diaryl/α,β-unsaturated/α-hetero) is 1. The van der Waals surface area contributed by atoms with Gasteiger partial charge < -0.3 is 4.74 Å². The van der Waals surface area contributed by atoms with Crippen molar-refractivity contribution in [2.75, 3.05) is 11.5 Å². The number of rotatable bonds is 7. The number of hydrogen-bond acceptors (Lipinski definition) is 8. The maximum atomic E-state index is 13.4. The third-order valence-corrected chi connectivity index (χ3v) is 9.36. The number of aryl methyl sites for hydroxylation is 1. The number of imide groups is 1. The number of hydrogen-bond donors (Lipinski definition) is 0. The van der Waals surface area contributed by atoms with Crippen molar-refractivity contribution in [1.82, 2.24) is 4.98 Å². The number of amides is 2. The Morgan fingerprint density at radius 3 is 2.40 bits per heavy atom. The Bertz CT molecular complexity index is 1640. The zero-order valence-electron chi connectivity index (χ0n) is 24.1. The highest BCUT2D eigenvalue weighted by molar-refractivity contribution is 8.00. The number of anilines is 1. The van der Waals surface area contributed by atoms with Crippen molar-refractivity contribution in [3.63, 3.8) is 0 Å². The Balaban J connectivity index is 1.24. The number of ketones is 1. The van der Waals surface area contributed by atoms with E-state index in [2.05, 4.69) is 26.8 Å². The van der Waals surface area contributed by atoms with Crippen LogP contribution >= 0.6 is 23.4 Å². The lowest BCUT2D eigenvalue weighted by Crippen LogP contribution is -2.31. The summed E-state index contributed by atoms with van der Waals surface area (Å²) in [5.74, 6) is -1.37. The largest absolute Gasteiger partial charge is 0.454 e. The van der Waals surface area contributed by atoms with Gasteiger partial charge in [0.2, 0.25) is 11.8 Å². The number of esters is 1. The molecule has 1 aliphatic carbocycles. The number of benzene rings is 2. The van der Waals surface area contributed by atoms with E-state index in [1.807, 2.05) is 6.07 Å². The van der Waals surface area contributed by atoms with E-state index in [1.165, 1.54) is 24.3 Å².